The van der Waals surface area contributed by atoms with Crippen molar-refractivity contribution in [3.05, 3.63) is 23.7 Å². The number of hydrogen-bond donors (Lipinski definition) is 1. The predicted octanol–water partition coefficient (Wildman–Crippen LogP) is 0.944. The zero-order valence-electron chi connectivity index (χ0n) is 6.47. The molecular weight excluding hydrogens is 208 g/mol. The molecule has 68 valence electrons. The van der Waals surface area contributed by atoms with Crippen molar-refractivity contribution in [2.75, 3.05) is 0 Å². The van der Waals surface area contributed by atoms with Crippen LogP contribution in [0.25, 0.3) is 10.2 Å². The maximum Gasteiger partial charge on any atom is 0.239 e. The second kappa shape index (κ2) is 2.76. The zero-order valence-corrected chi connectivity index (χ0v) is 8.10. The molecular formula is C7H6N2O2S2. The predicted molar refractivity (Wildman–Crippen MR) is 51.0 cm³/mol. The Labute approximate surface area is 79.1 Å². The number of sulfonamides is 1. The number of hydrogen-bond acceptors (Lipinski definition) is 4. The van der Waals surface area contributed by atoms with Crippen LogP contribution in [0.2, 0.25) is 0 Å². The van der Waals surface area contributed by atoms with Gasteiger partial charge in [-0.1, -0.05) is 0 Å². The van der Waals surface area contributed by atoms with Crippen LogP contribution < -0.4 is 5.14 Å². The molecule has 0 bridgehead atoms. The Hall–Kier alpha value is -0.980. The Balaban J connectivity index is 2.87. The summed E-state index contributed by atoms with van der Waals surface area (Å²) >= 11 is 1.27. The van der Waals surface area contributed by atoms with Gasteiger partial charge in [0.25, 0.3) is 0 Å². The van der Waals surface area contributed by atoms with Gasteiger partial charge in [0, 0.05) is 17.0 Å². The highest BCUT2D eigenvalue weighted by molar-refractivity contribution is 7.89. The summed E-state index contributed by atoms with van der Waals surface area (Å²) in [6.07, 6.45) is 1.62. The van der Waals surface area contributed by atoms with Crippen LogP contribution in [0, 0.1) is 0 Å². The molecule has 0 radical (unpaired) electrons. The van der Waals surface area contributed by atoms with Gasteiger partial charge in [0.05, 0.1) is 0 Å². The summed E-state index contributed by atoms with van der Waals surface area (Å²) in [5, 5.41) is 7.12. The van der Waals surface area contributed by atoms with Gasteiger partial charge in [-0.05, 0) is 12.1 Å². The molecule has 0 saturated carbocycles. The number of rotatable bonds is 1. The molecule has 0 saturated heterocycles. The van der Waals surface area contributed by atoms with Gasteiger partial charge in [-0.15, -0.1) is 11.3 Å². The third-order valence-electron chi connectivity index (χ3n) is 1.62. The average Bonchev–Trinajstić information content (AvgIpc) is 2.45. The molecule has 13 heavy (non-hydrogen) atoms. The summed E-state index contributed by atoms with van der Waals surface area (Å²) in [5.41, 5.74) is 0. The van der Waals surface area contributed by atoms with Crippen LogP contribution in [0.5, 0.6) is 0 Å². The highest BCUT2D eigenvalue weighted by atomic mass is 32.2. The summed E-state index contributed by atoms with van der Waals surface area (Å²) in [6, 6.07) is 3.38. The molecule has 0 aliphatic rings. The SMILES string of the molecule is NS(=O)(=O)c1csc2ncccc12. The molecule has 0 aromatic carbocycles. The monoisotopic (exact) mass is 214 g/mol. The summed E-state index contributed by atoms with van der Waals surface area (Å²) in [6.45, 7) is 0. The van der Waals surface area contributed by atoms with Crippen LogP contribution in [0.1, 0.15) is 0 Å². The Morgan fingerprint density at radius 1 is 1.46 bits per heavy atom. The quantitative estimate of drug-likeness (QED) is 0.767. The van der Waals surface area contributed by atoms with E-state index in [1.165, 1.54) is 16.7 Å². The standard InChI is InChI=1S/C7H6N2O2S2/c8-13(10,11)6-4-12-7-5(6)2-1-3-9-7/h1-4H,(H2,8,10,11). The maximum absolute atomic E-state index is 11.1. The summed E-state index contributed by atoms with van der Waals surface area (Å²) < 4.78 is 22.1. The minimum absolute atomic E-state index is 0.153. The second-order valence-electron chi connectivity index (χ2n) is 2.50. The molecule has 0 atom stereocenters. The normalized spacial score (nSPS) is 12.1. The van der Waals surface area contributed by atoms with Gasteiger partial charge in [0.2, 0.25) is 10.0 Å². The van der Waals surface area contributed by atoms with Gasteiger partial charge in [-0.3, -0.25) is 0 Å². The van der Waals surface area contributed by atoms with E-state index in [0.717, 1.165) is 0 Å². The Morgan fingerprint density at radius 3 is 2.92 bits per heavy atom. The molecule has 2 aromatic heterocycles. The average molecular weight is 214 g/mol. The minimum atomic E-state index is -3.62. The molecule has 2 heterocycles. The molecule has 2 N–H and O–H groups in total. The minimum Gasteiger partial charge on any atom is -0.245 e. The first kappa shape index (κ1) is 8.61. The number of thiophene rings is 1. The Morgan fingerprint density at radius 2 is 2.23 bits per heavy atom. The maximum atomic E-state index is 11.1. The van der Waals surface area contributed by atoms with E-state index >= 15 is 0 Å². The van der Waals surface area contributed by atoms with E-state index in [4.69, 9.17) is 5.14 Å². The highest BCUT2D eigenvalue weighted by Gasteiger charge is 2.13. The first-order valence-electron chi connectivity index (χ1n) is 3.44. The van der Waals surface area contributed by atoms with E-state index in [2.05, 4.69) is 4.98 Å². The fraction of sp³-hybridized carbons (Fsp3) is 0. The van der Waals surface area contributed by atoms with E-state index in [-0.39, 0.29) is 4.90 Å². The van der Waals surface area contributed by atoms with Crippen molar-refractivity contribution in [1.29, 1.82) is 0 Å². The number of aromatic nitrogens is 1. The van der Waals surface area contributed by atoms with Crippen molar-refractivity contribution in [3.63, 3.8) is 0 Å². The summed E-state index contributed by atoms with van der Waals surface area (Å²) in [5.74, 6) is 0. The van der Waals surface area contributed by atoms with E-state index < -0.39 is 10.0 Å². The lowest BCUT2D eigenvalue weighted by atomic mass is 10.3. The molecule has 4 nitrogen and oxygen atoms in total. The van der Waals surface area contributed by atoms with E-state index in [0.29, 0.717) is 10.2 Å². The summed E-state index contributed by atoms with van der Waals surface area (Å²) in [4.78, 5) is 4.85. The summed E-state index contributed by atoms with van der Waals surface area (Å²) in [7, 11) is -3.62. The largest absolute Gasteiger partial charge is 0.245 e. The van der Waals surface area contributed by atoms with Crippen molar-refractivity contribution in [1.82, 2.24) is 4.98 Å². The fourth-order valence-electron chi connectivity index (χ4n) is 1.07. The Bertz CT molecular complexity index is 544. The first-order chi connectivity index (χ1) is 6.09. The van der Waals surface area contributed by atoms with Crippen LogP contribution in [0.15, 0.2) is 28.6 Å². The molecule has 0 spiro atoms. The smallest absolute Gasteiger partial charge is 0.239 e. The van der Waals surface area contributed by atoms with Gasteiger partial charge in [-0.25, -0.2) is 18.5 Å². The third-order valence-corrected chi connectivity index (χ3v) is 3.62. The topological polar surface area (TPSA) is 73.1 Å². The Kier molecular flexibility index (Phi) is 1.83. The molecule has 0 amide bonds. The highest BCUT2D eigenvalue weighted by Crippen LogP contribution is 2.26. The van der Waals surface area contributed by atoms with Crippen molar-refractivity contribution in [3.8, 4) is 0 Å². The molecule has 0 fully saturated rings. The zero-order chi connectivity index (χ0) is 9.47. The van der Waals surface area contributed by atoms with Crippen LogP contribution in [-0.4, -0.2) is 13.4 Å². The lowest BCUT2D eigenvalue weighted by Crippen LogP contribution is -2.11. The number of nitrogens with two attached hydrogens (primary N) is 1. The molecule has 2 rings (SSSR count). The van der Waals surface area contributed by atoms with E-state index in [1.54, 1.807) is 18.3 Å². The molecule has 0 aliphatic heterocycles. The molecule has 0 aliphatic carbocycles. The number of primary sulfonamides is 1. The van der Waals surface area contributed by atoms with Gasteiger partial charge >= 0.3 is 0 Å². The van der Waals surface area contributed by atoms with Crippen molar-refractivity contribution in [2.45, 2.75) is 4.90 Å². The lowest BCUT2D eigenvalue weighted by molar-refractivity contribution is 0.599. The molecule has 2 aromatic rings. The fourth-order valence-corrected chi connectivity index (χ4v) is 3.05. The van der Waals surface area contributed by atoms with Crippen LogP contribution in [-0.2, 0) is 10.0 Å². The van der Waals surface area contributed by atoms with E-state index in [1.807, 2.05) is 0 Å². The van der Waals surface area contributed by atoms with Crippen LogP contribution >= 0.6 is 11.3 Å². The molecule has 6 heteroatoms. The number of fused-ring (bicyclic) bond motifs is 1. The van der Waals surface area contributed by atoms with Crippen LogP contribution in [0.4, 0.5) is 0 Å². The van der Waals surface area contributed by atoms with Gasteiger partial charge < -0.3 is 0 Å². The van der Waals surface area contributed by atoms with Crippen LogP contribution in [0.3, 0.4) is 0 Å². The lowest BCUT2D eigenvalue weighted by Gasteiger charge is -1.93. The van der Waals surface area contributed by atoms with Crippen molar-refractivity contribution >= 4 is 31.6 Å². The van der Waals surface area contributed by atoms with Gasteiger partial charge in [0.1, 0.15) is 9.73 Å². The van der Waals surface area contributed by atoms with Crippen molar-refractivity contribution in [2.24, 2.45) is 5.14 Å². The van der Waals surface area contributed by atoms with Crippen molar-refractivity contribution < 1.29 is 8.42 Å². The van der Waals surface area contributed by atoms with Gasteiger partial charge in [0.15, 0.2) is 0 Å². The molecule has 0 unspecified atom stereocenters. The van der Waals surface area contributed by atoms with E-state index in [9.17, 15) is 8.42 Å². The number of pyridine rings is 1. The van der Waals surface area contributed by atoms with Gasteiger partial charge in [-0.2, -0.15) is 0 Å². The second-order valence-corrected chi connectivity index (χ2v) is 4.89. The third kappa shape index (κ3) is 1.43. The number of nitrogens with zero attached hydrogens (tertiary/aromatic N) is 1. The first-order valence-corrected chi connectivity index (χ1v) is 5.86.